The van der Waals surface area contributed by atoms with Gasteiger partial charge >= 0.3 is 0 Å². The lowest BCUT2D eigenvalue weighted by Gasteiger charge is -2.45. The van der Waals surface area contributed by atoms with Crippen LogP contribution in [0.5, 0.6) is 0 Å². The molecule has 2 amide bonds. The van der Waals surface area contributed by atoms with Crippen molar-refractivity contribution in [2.75, 3.05) is 26.2 Å². The van der Waals surface area contributed by atoms with Gasteiger partial charge in [-0.3, -0.25) is 9.59 Å². The molecule has 0 unspecified atom stereocenters. The predicted molar refractivity (Wildman–Crippen MR) is 127 cm³/mol. The molecule has 0 heterocycles. The number of carbonyl (C=O) groups excluding carboxylic acids is 2. The average Bonchev–Trinajstić information content (AvgIpc) is 2.72. The topological polar surface area (TPSA) is 70.2 Å². The Morgan fingerprint density at radius 3 is 2.55 bits per heavy atom. The fourth-order valence-corrected chi connectivity index (χ4v) is 5.41. The van der Waals surface area contributed by atoms with Crippen molar-refractivity contribution in [1.82, 2.24) is 16.0 Å². The third kappa shape index (κ3) is 7.80. The minimum Gasteiger partial charge on any atom is -0.355 e. The molecule has 1 aromatic carbocycles. The van der Waals surface area contributed by atoms with Crippen molar-refractivity contribution in [3.05, 3.63) is 41.8 Å². The number of fused-ring (bicyclic) bond motifs is 2. The minimum atomic E-state index is -0.0441. The van der Waals surface area contributed by atoms with E-state index in [4.69, 9.17) is 11.6 Å². The summed E-state index contributed by atoms with van der Waals surface area (Å²) in [4.78, 5) is 23.7. The second-order valence-corrected chi connectivity index (χ2v) is 9.60. The molecule has 2 saturated carbocycles. The van der Waals surface area contributed by atoms with Crippen molar-refractivity contribution in [3.63, 3.8) is 0 Å². The van der Waals surface area contributed by atoms with E-state index in [2.05, 4.69) is 16.0 Å². The fourth-order valence-electron chi connectivity index (χ4n) is 5.20. The van der Waals surface area contributed by atoms with Crippen molar-refractivity contribution >= 4 is 23.4 Å². The Hall–Kier alpha value is -1.59. The Kier molecular flexibility index (Phi) is 10.3. The monoisotopic (exact) mass is 447 g/mol. The number of benzene rings is 1. The molecule has 2 aliphatic carbocycles. The quantitative estimate of drug-likeness (QED) is 0.465. The Morgan fingerprint density at radius 1 is 1.10 bits per heavy atom. The summed E-state index contributed by atoms with van der Waals surface area (Å²) >= 11 is 6.35. The zero-order valence-electron chi connectivity index (χ0n) is 18.9. The predicted octanol–water partition coefficient (Wildman–Crippen LogP) is 4.42. The van der Waals surface area contributed by atoms with E-state index in [9.17, 15) is 9.59 Å². The van der Waals surface area contributed by atoms with Crippen LogP contribution in [0.1, 0.15) is 74.2 Å². The van der Waals surface area contributed by atoms with Gasteiger partial charge < -0.3 is 16.0 Å². The summed E-state index contributed by atoms with van der Waals surface area (Å²) in [5, 5.41) is 9.82. The number of nitrogens with one attached hydrogen (secondary N) is 3. The summed E-state index contributed by atoms with van der Waals surface area (Å²) in [6, 6.07) is 5.78. The van der Waals surface area contributed by atoms with Crippen molar-refractivity contribution in [2.45, 2.75) is 64.7 Å². The first-order chi connectivity index (χ1) is 14.5. The van der Waals surface area contributed by atoms with E-state index in [0.717, 1.165) is 44.0 Å². The number of rotatable bonds is 10. The van der Waals surface area contributed by atoms with Crippen molar-refractivity contribution in [1.29, 1.82) is 0 Å². The third-order valence-electron chi connectivity index (χ3n) is 6.75. The first kappa shape index (κ1) is 25.7. The molecule has 0 spiro atoms. The number of halogens is 1. The first-order valence-electron chi connectivity index (χ1n) is 11.5. The maximum atomic E-state index is 12.9. The highest BCUT2D eigenvalue weighted by Gasteiger charge is 2.39. The fraction of sp³-hybridized carbons (Fsp3) is 0.640. The lowest BCUT2D eigenvalue weighted by atomic mass is 9.62. The molecular weight excluding hydrogens is 410 g/mol. The van der Waals surface area contributed by atoms with Crippen LogP contribution in [0, 0.1) is 18.8 Å². The highest BCUT2D eigenvalue weighted by atomic mass is 35.5. The Balaban J connectivity index is 0.00000341. The van der Waals surface area contributed by atoms with Crippen LogP contribution >= 0.6 is 11.6 Å². The molecule has 2 radical (unpaired) electrons. The van der Waals surface area contributed by atoms with E-state index in [0.29, 0.717) is 22.5 Å². The summed E-state index contributed by atoms with van der Waals surface area (Å²) in [5.41, 5.74) is 2.03. The maximum Gasteiger partial charge on any atom is 0.252 e. The molecule has 1 aromatic rings. The molecule has 3 rings (SSSR count). The van der Waals surface area contributed by atoms with Gasteiger partial charge in [-0.25, -0.2) is 0 Å². The molecule has 0 saturated heterocycles. The molecule has 172 valence electrons. The molecule has 2 aliphatic rings. The van der Waals surface area contributed by atoms with Gasteiger partial charge in [-0.2, -0.15) is 0 Å². The van der Waals surface area contributed by atoms with E-state index in [1.54, 1.807) is 0 Å². The number of amides is 2. The summed E-state index contributed by atoms with van der Waals surface area (Å²) in [6.07, 6.45) is 10.9. The van der Waals surface area contributed by atoms with Crippen molar-refractivity contribution < 1.29 is 9.59 Å². The van der Waals surface area contributed by atoms with Crippen molar-refractivity contribution in [3.8, 4) is 0 Å². The zero-order chi connectivity index (χ0) is 21.4. The number of carbonyl (C=O) groups is 2. The SMILES string of the molecule is CC(=O)NCCNCCCc1ccc(Cl)c(C(=O)NCC23CCCC(CCC2)C3)c1.[CH2]. The molecule has 0 aliphatic heterocycles. The van der Waals surface area contributed by atoms with E-state index >= 15 is 0 Å². The average molecular weight is 448 g/mol. The zero-order valence-corrected chi connectivity index (χ0v) is 19.7. The standard InChI is InChI=1S/C24H36ClN3O2.CH2/c1-18(29)27-14-13-26-12-4-7-19-8-9-22(25)21(15-19)23(30)28-17-24-10-2-5-20(16-24)6-3-11-24;/h8-9,15,20,26H,2-7,10-14,16-17H2,1H3,(H,27,29)(H,28,30);1H2. The van der Waals surface area contributed by atoms with E-state index < -0.39 is 0 Å². The van der Waals surface area contributed by atoms with Crippen LogP contribution in [0.25, 0.3) is 0 Å². The Bertz CT molecular complexity index is 727. The van der Waals surface area contributed by atoms with Gasteiger partial charge in [-0.1, -0.05) is 50.8 Å². The molecule has 6 heteroatoms. The summed E-state index contributed by atoms with van der Waals surface area (Å²) in [7, 11) is 0. The molecule has 3 N–H and O–H groups in total. The highest BCUT2D eigenvalue weighted by molar-refractivity contribution is 6.33. The molecule has 0 aromatic heterocycles. The van der Waals surface area contributed by atoms with Crippen LogP contribution in [-0.2, 0) is 11.2 Å². The minimum absolute atomic E-state index is 0. The Labute approximate surface area is 193 Å². The van der Waals surface area contributed by atoms with Gasteiger partial charge in [-0.15, -0.1) is 0 Å². The summed E-state index contributed by atoms with van der Waals surface area (Å²) < 4.78 is 0. The lowest BCUT2D eigenvalue weighted by Crippen LogP contribution is -2.43. The number of aryl methyl sites for hydroxylation is 1. The number of hydrogen-bond acceptors (Lipinski definition) is 3. The summed E-state index contributed by atoms with van der Waals surface area (Å²) in [6.45, 7) is 4.57. The normalized spacial score (nSPS) is 22.3. The third-order valence-corrected chi connectivity index (χ3v) is 7.08. The van der Waals surface area contributed by atoms with E-state index in [1.807, 2.05) is 18.2 Å². The van der Waals surface area contributed by atoms with E-state index in [1.165, 1.54) is 51.9 Å². The van der Waals surface area contributed by atoms with Gasteiger partial charge in [0.15, 0.2) is 0 Å². The molecule has 5 nitrogen and oxygen atoms in total. The largest absolute Gasteiger partial charge is 0.355 e. The Morgan fingerprint density at radius 2 is 1.84 bits per heavy atom. The first-order valence-corrected chi connectivity index (χ1v) is 11.9. The van der Waals surface area contributed by atoms with Gasteiger partial charge in [0.2, 0.25) is 5.91 Å². The maximum absolute atomic E-state index is 12.9. The van der Waals surface area contributed by atoms with Crippen LogP contribution in [0.2, 0.25) is 5.02 Å². The van der Waals surface area contributed by atoms with E-state index in [-0.39, 0.29) is 19.2 Å². The van der Waals surface area contributed by atoms with Gasteiger partial charge in [0.05, 0.1) is 10.6 Å². The van der Waals surface area contributed by atoms with Gasteiger partial charge in [0.25, 0.3) is 5.91 Å². The van der Waals surface area contributed by atoms with Gasteiger partial charge in [0.1, 0.15) is 0 Å². The van der Waals surface area contributed by atoms with Crippen LogP contribution in [0.4, 0.5) is 0 Å². The van der Waals surface area contributed by atoms with Crippen LogP contribution < -0.4 is 16.0 Å². The van der Waals surface area contributed by atoms with Gasteiger partial charge in [0, 0.05) is 26.6 Å². The highest BCUT2D eigenvalue weighted by Crippen LogP contribution is 2.48. The molecule has 31 heavy (non-hydrogen) atoms. The molecular formula is C25H38ClN3O2. The second-order valence-electron chi connectivity index (χ2n) is 9.19. The smallest absolute Gasteiger partial charge is 0.252 e. The van der Waals surface area contributed by atoms with Crippen LogP contribution in [0.15, 0.2) is 18.2 Å². The molecule has 2 bridgehead atoms. The van der Waals surface area contributed by atoms with Crippen molar-refractivity contribution in [2.24, 2.45) is 11.3 Å². The molecule has 0 atom stereocenters. The number of hydrogen-bond donors (Lipinski definition) is 3. The van der Waals surface area contributed by atoms with Crippen LogP contribution in [-0.4, -0.2) is 38.0 Å². The second kappa shape index (κ2) is 12.4. The molecule has 2 fully saturated rings. The lowest BCUT2D eigenvalue weighted by molar-refractivity contribution is -0.118. The summed E-state index contributed by atoms with van der Waals surface area (Å²) in [5.74, 6) is 0.815. The van der Waals surface area contributed by atoms with Gasteiger partial charge in [-0.05, 0) is 67.7 Å². The van der Waals surface area contributed by atoms with Crippen LogP contribution in [0.3, 0.4) is 0 Å².